The summed E-state index contributed by atoms with van der Waals surface area (Å²) >= 11 is 0.950. The largest absolute Gasteiger partial charge is 0.424 e. The Morgan fingerprint density at radius 1 is 0.773 bits per heavy atom. The molecule has 4 heterocycles. The quantitative estimate of drug-likeness (QED) is 0.271. The van der Waals surface area contributed by atoms with Crippen molar-refractivity contribution in [3.8, 4) is 11.8 Å². The van der Waals surface area contributed by atoms with Crippen LogP contribution in [-0.4, -0.2) is 83.6 Å². The van der Waals surface area contributed by atoms with Crippen molar-refractivity contribution < 1.29 is 23.8 Å². The Bertz CT molecular complexity index is 1680. The van der Waals surface area contributed by atoms with Crippen molar-refractivity contribution in [2.45, 2.75) is 6.54 Å². The number of imide groups is 1. The molecule has 3 aliphatic heterocycles. The first kappa shape index (κ1) is 28.3. The van der Waals surface area contributed by atoms with Gasteiger partial charge in [0, 0.05) is 26.2 Å². The van der Waals surface area contributed by atoms with Crippen LogP contribution in [0, 0.1) is 0 Å². The number of carbonyl (C=O) groups is 2. The van der Waals surface area contributed by atoms with Gasteiger partial charge >= 0.3 is 6.01 Å². The van der Waals surface area contributed by atoms with Gasteiger partial charge in [-0.05, 0) is 57.9 Å². The van der Waals surface area contributed by atoms with Crippen LogP contribution in [0.2, 0.25) is 0 Å². The first-order valence-corrected chi connectivity index (χ1v) is 15.3. The van der Waals surface area contributed by atoms with E-state index in [2.05, 4.69) is 19.8 Å². The summed E-state index contributed by atoms with van der Waals surface area (Å²) in [5.41, 5.74) is 1.67. The monoisotopic (exact) mass is 610 g/mol. The zero-order valence-electron chi connectivity index (χ0n) is 23.9. The molecule has 0 saturated carbocycles. The highest BCUT2D eigenvalue weighted by atomic mass is 32.2. The lowest BCUT2D eigenvalue weighted by molar-refractivity contribution is -0.123. The molecule has 0 unspecified atom stereocenters. The molecule has 2 amide bonds. The number of ether oxygens (including phenoxy) is 3. The van der Waals surface area contributed by atoms with E-state index in [4.69, 9.17) is 19.2 Å². The molecule has 11 nitrogen and oxygen atoms in total. The van der Waals surface area contributed by atoms with E-state index in [9.17, 15) is 9.59 Å². The van der Waals surface area contributed by atoms with Crippen molar-refractivity contribution in [1.82, 2.24) is 19.9 Å². The van der Waals surface area contributed by atoms with E-state index >= 15 is 0 Å². The van der Waals surface area contributed by atoms with Crippen molar-refractivity contribution in [2.24, 2.45) is 0 Å². The molecule has 3 aromatic carbocycles. The number of hydrogen-bond donors (Lipinski definition) is 0. The van der Waals surface area contributed by atoms with E-state index in [0.717, 1.165) is 33.7 Å². The van der Waals surface area contributed by atoms with Crippen LogP contribution in [0.3, 0.4) is 0 Å². The fourth-order valence-electron chi connectivity index (χ4n) is 5.24. The molecule has 1 aromatic heterocycles. The normalized spacial score (nSPS) is 18.5. The van der Waals surface area contributed by atoms with Gasteiger partial charge in [-0.2, -0.15) is 15.0 Å². The topological polar surface area (TPSA) is 110 Å². The summed E-state index contributed by atoms with van der Waals surface area (Å²) in [5, 5.41) is 1.90. The highest BCUT2D eigenvalue weighted by molar-refractivity contribution is 8.18. The molecule has 3 saturated heterocycles. The summed E-state index contributed by atoms with van der Waals surface area (Å²) in [4.78, 5) is 45.6. The van der Waals surface area contributed by atoms with Gasteiger partial charge in [-0.1, -0.05) is 48.5 Å². The van der Waals surface area contributed by atoms with Crippen LogP contribution in [0.1, 0.15) is 11.1 Å². The fourth-order valence-corrected chi connectivity index (χ4v) is 6.07. The number of nitrogens with zero attached hydrogens (tertiary/aromatic N) is 6. The minimum Gasteiger partial charge on any atom is -0.424 e. The second-order valence-electron chi connectivity index (χ2n) is 10.5. The lowest BCUT2D eigenvalue weighted by atomic mass is 10.1. The van der Waals surface area contributed by atoms with Gasteiger partial charge in [0.05, 0.1) is 37.9 Å². The Balaban J connectivity index is 1.06. The van der Waals surface area contributed by atoms with Crippen LogP contribution < -0.4 is 14.5 Å². The molecule has 3 fully saturated rings. The van der Waals surface area contributed by atoms with Crippen LogP contribution in [0.25, 0.3) is 16.8 Å². The summed E-state index contributed by atoms with van der Waals surface area (Å²) < 4.78 is 17.1. The molecule has 4 aromatic rings. The zero-order chi connectivity index (χ0) is 29.9. The summed E-state index contributed by atoms with van der Waals surface area (Å²) in [7, 11) is 0. The SMILES string of the molecule is O=C1S/C(=C\c2ccc(Oc3nc(N4CCOCC4)nc(N4CCOCC4)n3)cc2)C(=O)N1Cc1ccc2ccccc2c1. The molecule has 12 heteroatoms. The highest BCUT2D eigenvalue weighted by Crippen LogP contribution is 2.34. The predicted molar refractivity (Wildman–Crippen MR) is 168 cm³/mol. The number of aromatic nitrogens is 3. The number of anilines is 2. The first-order chi connectivity index (χ1) is 21.6. The third-order valence-electron chi connectivity index (χ3n) is 7.59. The smallest absolute Gasteiger partial charge is 0.328 e. The van der Waals surface area contributed by atoms with E-state index < -0.39 is 0 Å². The van der Waals surface area contributed by atoms with E-state index in [1.165, 1.54) is 4.90 Å². The van der Waals surface area contributed by atoms with Crippen LogP contribution in [0.15, 0.2) is 71.6 Å². The van der Waals surface area contributed by atoms with Gasteiger partial charge < -0.3 is 24.0 Å². The average molecular weight is 611 g/mol. The van der Waals surface area contributed by atoms with Crippen LogP contribution in [0.5, 0.6) is 11.8 Å². The maximum Gasteiger partial charge on any atom is 0.328 e. The Labute approximate surface area is 258 Å². The molecular weight excluding hydrogens is 580 g/mol. The van der Waals surface area contributed by atoms with Crippen molar-refractivity contribution in [3.05, 3.63) is 82.8 Å². The molecule has 0 radical (unpaired) electrons. The molecule has 0 bridgehead atoms. The third-order valence-corrected chi connectivity index (χ3v) is 8.50. The van der Waals surface area contributed by atoms with Crippen LogP contribution in [-0.2, 0) is 20.8 Å². The van der Waals surface area contributed by atoms with Crippen molar-refractivity contribution >= 4 is 51.7 Å². The molecule has 3 aliphatic rings. The van der Waals surface area contributed by atoms with E-state index in [1.54, 1.807) is 18.2 Å². The lowest BCUT2D eigenvalue weighted by Crippen LogP contribution is -2.40. The Kier molecular flexibility index (Phi) is 8.10. The van der Waals surface area contributed by atoms with Gasteiger partial charge in [-0.25, -0.2) is 0 Å². The number of benzene rings is 3. The number of rotatable bonds is 7. The van der Waals surface area contributed by atoms with E-state index in [1.807, 2.05) is 54.6 Å². The van der Waals surface area contributed by atoms with Gasteiger partial charge in [0.1, 0.15) is 5.75 Å². The van der Waals surface area contributed by atoms with Crippen LogP contribution in [0.4, 0.5) is 16.7 Å². The standard InChI is InChI=1S/C32H30N6O5S/c39-28-27(44-32(40)38(28)21-23-5-8-24-3-1-2-4-25(24)19-23)20-22-6-9-26(10-7-22)43-31-34-29(36-11-15-41-16-12-36)33-30(35-31)37-13-17-42-18-14-37/h1-10,19-20H,11-18,21H2/b27-20-. The molecular formula is C32H30N6O5S. The van der Waals surface area contributed by atoms with Crippen LogP contribution >= 0.6 is 11.8 Å². The van der Waals surface area contributed by atoms with Gasteiger partial charge in [-0.3, -0.25) is 14.5 Å². The average Bonchev–Trinajstić information content (AvgIpc) is 3.33. The Morgan fingerprint density at radius 3 is 2.07 bits per heavy atom. The second kappa shape index (κ2) is 12.6. The molecule has 0 N–H and O–H groups in total. The number of carbonyl (C=O) groups excluding carboxylic acids is 2. The fraction of sp³-hybridized carbons (Fsp3) is 0.281. The molecule has 0 atom stereocenters. The summed E-state index contributed by atoms with van der Waals surface area (Å²) in [6.07, 6.45) is 1.73. The van der Waals surface area contributed by atoms with Gasteiger partial charge in [0.15, 0.2) is 0 Å². The minimum absolute atomic E-state index is 0.200. The minimum atomic E-state index is -0.301. The van der Waals surface area contributed by atoms with Gasteiger partial charge in [-0.15, -0.1) is 0 Å². The third kappa shape index (κ3) is 6.23. The number of thioether (sulfide) groups is 1. The Morgan fingerprint density at radius 2 is 1.41 bits per heavy atom. The highest BCUT2D eigenvalue weighted by Gasteiger charge is 2.35. The summed E-state index contributed by atoms with van der Waals surface area (Å²) in [5.74, 6) is 1.34. The van der Waals surface area contributed by atoms with Gasteiger partial charge in [0.25, 0.3) is 11.1 Å². The number of fused-ring (bicyclic) bond motifs is 1. The molecule has 224 valence electrons. The second-order valence-corrected chi connectivity index (χ2v) is 11.5. The number of amides is 2. The van der Waals surface area contributed by atoms with Gasteiger partial charge in [0.2, 0.25) is 11.9 Å². The van der Waals surface area contributed by atoms with Crippen molar-refractivity contribution in [3.63, 3.8) is 0 Å². The number of hydrogen-bond acceptors (Lipinski definition) is 11. The van der Waals surface area contributed by atoms with E-state index in [0.29, 0.717) is 75.2 Å². The number of morpholine rings is 2. The molecule has 44 heavy (non-hydrogen) atoms. The lowest BCUT2D eigenvalue weighted by Gasteiger charge is -2.30. The van der Waals surface area contributed by atoms with E-state index in [-0.39, 0.29) is 23.7 Å². The zero-order valence-corrected chi connectivity index (χ0v) is 24.7. The summed E-state index contributed by atoms with van der Waals surface area (Å²) in [6, 6.07) is 21.4. The van der Waals surface area contributed by atoms with Crippen molar-refractivity contribution in [1.29, 1.82) is 0 Å². The maximum atomic E-state index is 13.2. The first-order valence-electron chi connectivity index (χ1n) is 14.5. The summed E-state index contributed by atoms with van der Waals surface area (Å²) in [6.45, 7) is 5.42. The molecule has 0 spiro atoms. The van der Waals surface area contributed by atoms with Crippen molar-refractivity contribution in [2.75, 3.05) is 62.4 Å². The maximum absolute atomic E-state index is 13.2. The Hall–Kier alpha value is -4.52. The molecule has 0 aliphatic carbocycles. The molecule has 7 rings (SSSR count). The predicted octanol–water partition coefficient (Wildman–Crippen LogP) is 4.73.